The molecule has 2 nitrogen and oxygen atoms in total. The summed E-state index contributed by atoms with van der Waals surface area (Å²) in [5.41, 5.74) is 0. The van der Waals surface area contributed by atoms with Crippen LogP contribution in [0, 0.1) is 0 Å². The molecule has 0 saturated carbocycles. The molecular formula is C9H9IO2. The number of hydrogen-bond acceptors (Lipinski definition) is 2. The third-order valence-corrected chi connectivity index (χ3v) is 2.72. The number of rotatable bonds is 1. The van der Waals surface area contributed by atoms with Crippen LogP contribution in [0.1, 0.15) is 0 Å². The van der Waals surface area contributed by atoms with Crippen molar-refractivity contribution in [2.45, 2.75) is 6.10 Å². The summed E-state index contributed by atoms with van der Waals surface area (Å²) in [6, 6.07) is 7.77. The SMILES string of the molecule is IC[C@@H]1COc2ccccc2O1. The molecule has 1 aliphatic rings. The highest BCUT2D eigenvalue weighted by molar-refractivity contribution is 14.1. The van der Waals surface area contributed by atoms with Crippen LogP contribution in [0.2, 0.25) is 0 Å². The van der Waals surface area contributed by atoms with Gasteiger partial charge in [-0.2, -0.15) is 0 Å². The highest BCUT2D eigenvalue weighted by Gasteiger charge is 2.18. The van der Waals surface area contributed by atoms with Crippen molar-refractivity contribution in [3.63, 3.8) is 0 Å². The zero-order chi connectivity index (χ0) is 8.39. The van der Waals surface area contributed by atoms with Crippen molar-refractivity contribution in [3.05, 3.63) is 24.3 Å². The van der Waals surface area contributed by atoms with Gasteiger partial charge in [0.2, 0.25) is 0 Å². The van der Waals surface area contributed by atoms with Crippen LogP contribution in [-0.4, -0.2) is 17.1 Å². The number of ether oxygens (including phenoxy) is 2. The first-order valence-corrected chi connectivity index (χ1v) is 5.37. The van der Waals surface area contributed by atoms with Crippen molar-refractivity contribution < 1.29 is 9.47 Å². The summed E-state index contributed by atoms with van der Waals surface area (Å²) in [5, 5.41) is 0. The predicted octanol–water partition coefficient (Wildman–Crippen LogP) is 2.26. The maximum atomic E-state index is 5.65. The molecule has 1 aliphatic heterocycles. The Kier molecular flexibility index (Phi) is 2.39. The first-order valence-electron chi connectivity index (χ1n) is 3.84. The lowest BCUT2D eigenvalue weighted by molar-refractivity contribution is 0.109. The van der Waals surface area contributed by atoms with E-state index in [1.165, 1.54) is 0 Å². The minimum absolute atomic E-state index is 0.209. The molecule has 0 fully saturated rings. The molecule has 0 aliphatic carbocycles. The van der Waals surface area contributed by atoms with Gasteiger partial charge in [0.1, 0.15) is 12.7 Å². The Balaban J connectivity index is 2.23. The van der Waals surface area contributed by atoms with Crippen LogP contribution in [0.5, 0.6) is 11.5 Å². The zero-order valence-corrected chi connectivity index (χ0v) is 8.65. The lowest BCUT2D eigenvalue weighted by Gasteiger charge is -2.24. The van der Waals surface area contributed by atoms with Gasteiger partial charge in [0.15, 0.2) is 11.5 Å². The molecule has 0 unspecified atom stereocenters. The van der Waals surface area contributed by atoms with Gasteiger partial charge in [-0.1, -0.05) is 34.7 Å². The van der Waals surface area contributed by atoms with E-state index in [0.717, 1.165) is 15.9 Å². The highest BCUT2D eigenvalue weighted by Crippen LogP contribution is 2.31. The van der Waals surface area contributed by atoms with E-state index in [9.17, 15) is 0 Å². The third-order valence-electron chi connectivity index (χ3n) is 1.74. The maximum Gasteiger partial charge on any atom is 0.161 e. The van der Waals surface area contributed by atoms with Gasteiger partial charge in [0.05, 0.1) is 0 Å². The van der Waals surface area contributed by atoms with Gasteiger partial charge in [-0.3, -0.25) is 0 Å². The van der Waals surface area contributed by atoms with E-state index in [-0.39, 0.29) is 6.10 Å². The van der Waals surface area contributed by atoms with Crippen molar-refractivity contribution in [1.29, 1.82) is 0 Å². The second-order valence-corrected chi connectivity index (χ2v) is 3.53. The van der Waals surface area contributed by atoms with Gasteiger partial charge in [0.25, 0.3) is 0 Å². The molecule has 1 atom stereocenters. The van der Waals surface area contributed by atoms with Crippen LogP contribution in [-0.2, 0) is 0 Å². The second kappa shape index (κ2) is 3.51. The average Bonchev–Trinajstić information content (AvgIpc) is 2.17. The largest absolute Gasteiger partial charge is 0.486 e. The van der Waals surface area contributed by atoms with Crippen molar-refractivity contribution in [3.8, 4) is 11.5 Å². The number of fused-ring (bicyclic) bond motifs is 1. The van der Waals surface area contributed by atoms with E-state index in [4.69, 9.17) is 9.47 Å². The highest BCUT2D eigenvalue weighted by atomic mass is 127. The fourth-order valence-electron chi connectivity index (χ4n) is 1.14. The molecule has 1 aromatic carbocycles. The number of para-hydroxylation sites is 2. The van der Waals surface area contributed by atoms with Crippen LogP contribution in [0.15, 0.2) is 24.3 Å². The van der Waals surface area contributed by atoms with Crippen molar-refractivity contribution in [2.24, 2.45) is 0 Å². The van der Waals surface area contributed by atoms with Crippen LogP contribution >= 0.6 is 22.6 Å². The Hall–Kier alpha value is -0.450. The predicted molar refractivity (Wildman–Crippen MR) is 55.2 cm³/mol. The fraction of sp³-hybridized carbons (Fsp3) is 0.333. The number of benzene rings is 1. The minimum atomic E-state index is 0.209. The van der Waals surface area contributed by atoms with E-state index >= 15 is 0 Å². The number of halogens is 1. The Morgan fingerprint density at radius 1 is 1.33 bits per heavy atom. The Labute approximate surface area is 85.0 Å². The molecule has 0 bridgehead atoms. The van der Waals surface area contributed by atoms with E-state index in [0.29, 0.717) is 6.61 Å². The molecule has 0 aromatic heterocycles. The Bertz CT molecular complexity index is 275. The molecule has 0 spiro atoms. The normalized spacial score (nSPS) is 20.6. The van der Waals surface area contributed by atoms with Crippen molar-refractivity contribution in [2.75, 3.05) is 11.0 Å². The molecule has 0 radical (unpaired) electrons. The molecule has 3 heteroatoms. The molecule has 0 amide bonds. The number of hydrogen-bond donors (Lipinski definition) is 0. The molecule has 2 rings (SSSR count). The summed E-state index contributed by atoms with van der Waals surface area (Å²) < 4.78 is 12.1. The molecule has 1 aromatic rings. The second-order valence-electron chi connectivity index (χ2n) is 2.65. The minimum Gasteiger partial charge on any atom is -0.486 e. The van der Waals surface area contributed by atoms with Gasteiger partial charge < -0.3 is 9.47 Å². The first-order chi connectivity index (χ1) is 5.90. The van der Waals surface area contributed by atoms with Crippen molar-refractivity contribution >= 4 is 22.6 Å². The summed E-state index contributed by atoms with van der Waals surface area (Å²) in [6.07, 6.45) is 0.209. The lowest BCUT2D eigenvalue weighted by Crippen LogP contribution is -2.30. The maximum absolute atomic E-state index is 5.65. The lowest BCUT2D eigenvalue weighted by atomic mass is 10.3. The van der Waals surface area contributed by atoms with Crippen molar-refractivity contribution in [1.82, 2.24) is 0 Å². The molecule has 0 saturated heterocycles. The van der Waals surface area contributed by atoms with Gasteiger partial charge in [0, 0.05) is 4.43 Å². The quantitative estimate of drug-likeness (QED) is 0.578. The van der Waals surface area contributed by atoms with Gasteiger partial charge in [-0.05, 0) is 12.1 Å². The van der Waals surface area contributed by atoms with Gasteiger partial charge in [-0.25, -0.2) is 0 Å². The molecular weight excluding hydrogens is 267 g/mol. The van der Waals surface area contributed by atoms with Crippen LogP contribution in [0.4, 0.5) is 0 Å². The summed E-state index contributed by atoms with van der Waals surface area (Å²) in [7, 11) is 0. The summed E-state index contributed by atoms with van der Waals surface area (Å²) in [4.78, 5) is 0. The summed E-state index contributed by atoms with van der Waals surface area (Å²) >= 11 is 2.30. The van der Waals surface area contributed by atoms with Gasteiger partial charge >= 0.3 is 0 Å². The van der Waals surface area contributed by atoms with E-state index in [2.05, 4.69) is 22.6 Å². The zero-order valence-electron chi connectivity index (χ0n) is 6.50. The van der Waals surface area contributed by atoms with Crippen LogP contribution < -0.4 is 9.47 Å². The topological polar surface area (TPSA) is 18.5 Å². The summed E-state index contributed by atoms with van der Waals surface area (Å²) in [5.74, 6) is 1.73. The monoisotopic (exact) mass is 276 g/mol. The summed E-state index contributed by atoms with van der Waals surface area (Å²) in [6.45, 7) is 0.667. The first kappa shape index (κ1) is 8.16. The van der Waals surface area contributed by atoms with E-state index in [1.807, 2.05) is 24.3 Å². The molecule has 0 N–H and O–H groups in total. The van der Waals surface area contributed by atoms with E-state index < -0.39 is 0 Å². The smallest absolute Gasteiger partial charge is 0.161 e. The molecule has 1 heterocycles. The Morgan fingerprint density at radius 3 is 2.83 bits per heavy atom. The van der Waals surface area contributed by atoms with E-state index in [1.54, 1.807) is 0 Å². The Morgan fingerprint density at radius 2 is 2.08 bits per heavy atom. The third kappa shape index (κ3) is 1.50. The van der Waals surface area contributed by atoms with Crippen LogP contribution in [0.25, 0.3) is 0 Å². The number of alkyl halides is 1. The fourth-order valence-corrected chi connectivity index (χ4v) is 1.57. The van der Waals surface area contributed by atoms with Crippen LogP contribution in [0.3, 0.4) is 0 Å². The molecule has 64 valence electrons. The van der Waals surface area contributed by atoms with Gasteiger partial charge in [-0.15, -0.1) is 0 Å². The standard InChI is InChI=1S/C9H9IO2/c10-5-7-6-11-8-3-1-2-4-9(8)12-7/h1-4,7H,5-6H2/t7-/m1/s1. The average molecular weight is 276 g/mol. The molecule has 12 heavy (non-hydrogen) atoms.